The van der Waals surface area contributed by atoms with Crippen LogP contribution in [0.5, 0.6) is 0 Å². The first kappa shape index (κ1) is 28.8. The number of hydrogen-bond acceptors (Lipinski definition) is 6. The first-order valence-electron chi connectivity index (χ1n) is 10.8. The summed E-state index contributed by atoms with van der Waals surface area (Å²) in [5, 5.41) is 26.6. The molecule has 0 fully saturated rings. The van der Waals surface area contributed by atoms with Gasteiger partial charge in [0.05, 0.1) is 6.10 Å². The number of carboxylic acids is 1. The van der Waals surface area contributed by atoms with Gasteiger partial charge in [0.25, 0.3) is 0 Å². The van der Waals surface area contributed by atoms with Crippen LogP contribution in [0.25, 0.3) is 0 Å². The number of amides is 3. The molecule has 0 saturated carbocycles. The molecule has 0 radical (unpaired) electrons. The maximum Gasteiger partial charge on any atom is 0.326 e. The van der Waals surface area contributed by atoms with Gasteiger partial charge in [0.2, 0.25) is 17.7 Å². The third-order valence-corrected chi connectivity index (χ3v) is 5.18. The molecule has 0 rings (SSSR count). The maximum absolute atomic E-state index is 12.9. The van der Waals surface area contributed by atoms with E-state index >= 15 is 0 Å². The molecule has 0 aromatic heterocycles. The van der Waals surface area contributed by atoms with E-state index in [0.29, 0.717) is 6.42 Å². The molecule has 10 nitrogen and oxygen atoms in total. The molecule has 0 aliphatic carbocycles. The van der Waals surface area contributed by atoms with Crippen LogP contribution in [-0.4, -0.2) is 64.2 Å². The molecule has 0 bridgehead atoms. The molecule has 3 amide bonds. The van der Waals surface area contributed by atoms with Gasteiger partial charge in [0.15, 0.2) is 0 Å². The van der Waals surface area contributed by atoms with Crippen molar-refractivity contribution >= 4 is 23.7 Å². The van der Waals surface area contributed by atoms with Gasteiger partial charge in [-0.25, -0.2) is 4.79 Å². The van der Waals surface area contributed by atoms with Crippen molar-refractivity contribution in [3.8, 4) is 0 Å². The standard InChI is InChI=1S/C21H40N4O6/c1-8-12(6)17(20(29)23-14(21(30)31)9-10(2)3)25-19(28)16(11(4)5)24-18(27)15(22)13(7)26/h10-17,26H,8-9,22H2,1-7H3,(H,23,29)(H,24,27)(H,25,28)(H,30,31). The van der Waals surface area contributed by atoms with Crippen molar-refractivity contribution in [2.24, 2.45) is 23.5 Å². The van der Waals surface area contributed by atoms with Gasteiger partial charge < -0.3 is 31.9 Å². The summed E-state index contributed by atoms with van der Waals surface area (Å²) in [7, 11) is 0. The second kappa shape index (κ2) is 13.3. The highest BCUT2D eigenvalue weighted by molar-refractivity contribution is 5.94. The Balaban J connectivity index is 5.51. The molecule has 0 spiro atoms. The van der Waals surface area contributed by atoms with Crippen LogP contribution in [0.15, 0.2) is 0 Å². The summed E-state index contributed by atoms with van der Waals surface area (Å²) < 4.78 is 0. The first-order valence-corrected chi connectivity index (χ1v) is 10.8. The lowest BCUT2D eigenvalue weighted by atomic mass is 9.95. The Kier molecular flexibility index (Phi) is 12.3. The fourth-order valence-corrected chi connectivity index (χ4v) is 2.90. The minimum absolute atomic E-state index is 0.0525. The summed E-state index contributed by atoms with van der Waals surface area (Å²) >= 11 is 0. The quantitative estimate of drug-likeness (QED) is 0.232. The SMILES string of the molecule is CCC(C)C(NC(=O)C(NC(=O)C(N)C(C)O)C(C)C)C(=O)NC(CC(C)C)C(=O)O. The van der Waals surface area contributed by atoms with Gasteiger partial charge in [-0.05, 0) is 31.1 Å². The van der Waals surface area contributed by atoms with Crippen molar-refractivity contribution in [2.75, 3.05) is 0 Å². The molecular weight excluding hydrogens is 404 g/mol. The van der Waals surface area contributed by atoms with Gasteiger partial charge in [-0.2, -0.15) is 0 Å². The van der Waals surface area contributed by atoms with Crippen molar-refractivity contribution in [2.45, 2.75) is 91.6 Å². The summed E-state index contributed by atoms with van der Waals surface area (Å²) in [4.78, 5) is 49.5. The molecule has 0 heterocycles. The summed E-state index contributed by atoms with van der Waals surface area (Å²) in [5.41, 5.74) is 5.64. The zero-order valence-electron chi connectivity index (χ0n) is 19.6. The molecule has 0 aromatic rings. The molecule has 6 unspecified atom stereocenters. The van der Waals surface area contributed by atoms with Crippen LogP contribution in [-0.2, 0) is 19.2 Å². The van der Waals surface area contributed by atoms with Crippen molar-refractivity contribution in [3.63, 3.8) is 0 Å². The second-order valence-corrected chi connectivity index (χ2v) is 8.90. The molecule has 0 aliphatic heterocycles. The lowest BCUT2D eigenvalue weighted by Gasteiger charge is -2.29. The van der Waals surface area contributed by atoms with E-state index in [-0.39, 0.29) is 24.2 Å². The number of carbonyl (C=O) groups excluding carboxylic acids is 3. The predicted molar refractivity (Wildman–Crippen MR) is 117 cm³/mol. The largest absolute Gasteiger partial charge is 0.480 e. The number of nitrogens with two attached hydrogens (primary N) is 1. The number of carbonyl (C=O) groups is 4. The maximum atomic E-state index is 12.9. The van der Waals surface area contributed by atoms with Gasteiger partial charge in [0, 0.05) is 0 Å². The van der Waals surface area contributed by atoms with Crippen LogP contribution < -0.4 is 21.7 Å². The smallest absolute Gasteiger partial charge is 0.326 e. The normalized spacial score (nSPS) is 17.3. The highest BCUT2D eigenvalue weighted by Gasteiger charge is 2.34. The number of hydrogen-bond donors (Lipinski definition) is 6. The predicted octanol–water partition coefficient (Wildman–Crippen LogP) is -0.0183. The third-order valence-electron chi connectivity index (χ3n) is 5.18. The average molecular weight is 445 g/mol. The average Bonchev–Trinajstić information content (AvgIpc) is 2.66. The number of aliphatic hydroxyl groups is 1. The molecule has 7 N–H and O–H groups in total. The van der Waals surface area contributed by atoms with E-state index < -0.39 is 54.0 Å². The Morgan fingerprint density at radius 2 is 1.32 bits per heavy atom. The molecule has 6 atom stereocenters. The lowest BCUT2D eigenvalue weighted by molar-refractivity contribution is -0.143. The van der Waals surface area contributed by atoms with E-state index in [1.807, 2.05) is 20.8 Å². The molecule has 10 heteroatoms. The van der Waals surface area contributed by atoms with E-state index in [9.17, 15) is 29.4 Å². The van der Waals surface area contributed by atoms with Crippen LogP contribution in [0.1, 0.15) is 61.3 Å². The van der Waals surface area contributed by atoms with Gasteiger partial charge in [-0.1, -0.05) is 48.0 Å². The van der Waals surface area contributed by atoms with Crippen LogP contribution >= 0.6 is 0 Å². The van der Waals surface area contributed by atoms with Crippen molar-refractivity contribution in [3.05, 3.63) is 0 Å². The molecule has 0 saturated heterocycles. The Hall–Kier alpha value is -2.20. The summed E-state index contributed by atoms with van der Waals surface area (Å²) in [6, 6.07) is -4.23. The van der Waals surface area contributed by atoms with Crippen molar-refractivity contribution < 1.29 is 29.4 Å². The van der Waals surface area contributed by atoms with Crippen molar-refractivity contribution in [1.29, 1.82) is 0 Å². The van der Waals surface area contributed by atoms with Crippen LogP contribution in [0.3, 0.4) is 0 Å². The van der Waals surface area contributed by atoms with E-state index in [4.69, 9.17) is 5.73 Å². The minimum atomic E-state index is -1.20. The summed E-state index contributed by atoms with van der Waals surface area (Å²) in [6.45, 7) is 12.1. The fourth-order valence-electron chi connectivity index (χ4n) is 2.90. The van der Waals surface area contributed by atoms with Crippen LogP contribution in [0, 0.1) is 17.8 Å². The Morgan fingerprint density at radius 1 is 0.839 bits per heavy atom. The summed E-state index contributed by atoms with van der Waals surface area (Å²) in [5.74, 6) is -3.55. The van der Waals surface area contributed by atoms with Crippen molar-refractivity contribution in [1.82, 2.24) is 16.0 Å². The first-order chi connectivity index (χ1) is 14.2. The highest BCUT2D eigenvalue weighted by atomic mass is 16.4. The van der Waals surface area contributed by atoms with E-state index in [0.717, 1.165) is 0 Å². The van der Waals surface area contributed by atoms with Crippen LogP contribution in [0.4, 0.5) is 0 Å². The Labute approximate surface area is 184 Å². The number of nitrogens with one attached hydrogen (secondary N) is 3. The highest BCUT2D eigenvalue weighted by Crippen LogP contribution is 2.12. The summed E-state index contributed by atoms with van der Waals surface area (Å²) in [6.07, 6.45) is -0.279. The zero-order valence-corrected chi connectivity index (χ0v) is 19.6. The monoisotopic (exact) mass is 444 g/mol. The topological polar surface area (TPSA) is 171 Å². The van der Waals surface area contributed by atoms with Gasteiger partial charge in [0.1, 0.15) is 24.2 Å². The van der Waals surface area contributed by atoms with E-state index in [1.165, 1.54) is 6.92 Å². The molecule has 180 valence electrons. The third kappa shape index (κ3) is 9.65. The Morgan fingerprint density at radius 3 is 1.71 bits per heavy atom. The van der Waals surface area contributed by atoms with E-state index in [1.54, 1.807) is 20.8 Å². The Bertz CT molecular complexity index is 623. The van der Waals surface area contributed by atoms with Crippen LogP contribution in [0.2, 0.25) is 0 Å². The minimum Gasteiger partial charge on any atom is -0.480 e. The molecule has 31 heavy (non-hydrogen) atoms. The van der Waals surface area contributed by atoms with Gasteiger partial charge in [-0.15, -0.1) is 0 Å². The van der Waals surface area contributed by atoms with Gasteiger partial charge >= 0.3 is 5.97 Å². The number of aliphatic hydroxyl groups excluding tert-OH is 1. The van der Waals surface area contributed by atoms with E-state index in [2.05, 4.69) is 16.0 Å². The number of rotatable bonds is 13. The molecular formula is C21H40N4O6. The second-order valence-electron chi connectivity index (χ2n) is 8.90. The zero-order chi connectivity index (χ0) is 24.5. The lowest BCUT2D eigenvalue weighted by Crippen LogP contribution is -2.60. The molecule has 0 aliphatic rings. The molecule has 0 aromatic carbocycles. The van der Waals surface area contributed by atoms with Gasteiger partial charge in [-0.3, -0.25) is 14.4 Å². The fraction of sp³-hybridized carbons (Fsp3) is 0.810. The number of aliphatic carboxylic acids is 1. The number of carboxylic acid groups (broad SMARTS) is 1.